The van der Waals surface area contributed by atoms with Crippen LogP contribution in [-0.4, -0.2) is 20.5 Å². The number of hydrogen-bond acceptors (Lipinski definition) is 3. The average molecular weight is 337 g/mol. The van der Waals surface area contributed by atoms with E-state index in [0.717, 1.165) is 25.7 Å². The van der Waals surface area contributed by atoms with Crippen molar-refractivity contribution in [2.45, 2.75) is 37.0 Å². The van der Waals surface area contributed by atoms with Crippen LogP contribution in [0.5, 0.6) is 0 Å². The molecule has 0 saturated heterocycles. The SMILES string of the molecule is NCC1(NS(=O)(=O)Cc2cc(Cl)cc(Cl)c2)CCCC1. The fraction of sp³-hybridized carbons (Fsp3) is 0.538. The lowest BCUT2D eigenvalue weighted by atomic mass is 10.0. The average Bonchev–Trinajstić information content (AvgIpc) is 2.75. The Morgan fingerprint density at radius 1 is 1.15 bits per heavy atom. The lowest BCUT2D eigenvalue weighted by Gasteiger charge is -2.28. The molecule has 112 valence electrons. The predicted octanol–water partition coefficient (Wildman–Crippen LogP) is 2.68. The normalized spacial score (nSPS) is 18.4. The van der Waals surface area contributed by atoms with Gasteiger partial charge in [0.05, 0.1) is 5.75 Å². The Balaban J connectivity index is 2.14. The Labute approximate surface area is 129 Å². The van der Waals surface area contributed by atoms with Crippen LogP contribution in [0, 0.1) is 0 Å². The summed E-state index contributed by atoms with van der Waals surface area (Å²) in [6.45, 7) is 0.322. The van der Waals surface area contributed by atoms with Gasteiger partial charge < -0.3 is 5.73 Å². The molecule has 1 fully saturated rings. The van der Waals surface area contributed by atoms with Crippen LogP contribution in [0.2, 0.25) is 10.0 Å². The Bertz CT molecular complexity index is 564. The van der Waals surface area contributed by atoms with E-state index < -0.39 is 15.6 Å². The first-order valence-electron chi connectivity index (χ1n) is 6.51. The quantitative estimate of drug-likeness (QED) is 0.868. The zero-order valence-electron chi connectivity index (χ0n) is 11.0. The summed E-state index contributed by atoms with van der Waals surface area (Å²) in [4.78, 5) is 0. The van der Waals surface area contributed by atoms with Crippen LogP contribution in [0.3, 0.4) is 0 Å². The molecule has 0 amide bonds. The van der Waals surface area contributed by atoms with Crippen molar-refractivity contribution in [3.63, 3.8) is 0 Å². The zero-order chi connectivity index (χ0) is 14.8. The van der Waals surface area contributed by atoms with E-state index in [1.807, 2.05) is 0 Å². The second-order valence-corrected chi connectivity index (χ2v) is 7.93. The van der Waals surface area contributed by atoms with Crippen LogP contribution in [0.25, 0.3) is 0 Å². The van der Waals surface area contributed by atoms with Crippen molar-refractivity contribution in [3.05, 3.63) is 33.8 Å². The first kappa shape index (κ1) is 16.0. The number of rotatable bonds is 5. The Kier molecular flexibility index (Phi) is 4.97. The summed E-state index contributed by atoms with van der Waals surface area (Å²) >= 11 is 11.8. The van der Waals surface area contributed by atoms with Crippen LogP contribution in [0.15, 0.2) is 18.2 Å². The largest absolute Gasteiger partial charge is 0.329 e. The van der Waals surface area contributed by atoms with Gasteiger partial charge in [-0.1, -0.05) is 36.0 Å². The van der Waals surface area contributed by atoms with Gasteiger partial charge in [0.2, 0.25) is 10.0 Å². The third-order valence-electron chi connectivity index (χ3n) is 3.60. The Hall–Kier alpha value is -0.330. The molecule has 0 aromatic heterocycles. The minimum absolute atomic E-state index is 0.144. The van der Waals surface area contributed by atoms with E-state index in [-0.39, 0.29) is 5.75 Å². The van der Waals surface area contributed by atoms with Crippen molar-refractivity contribution in [1.29, 1.82) is 0 Å². The van der Waals surface area contributed by atoms with Crippen molar-refractivity contribution in [2.24, 2.45) is 5.73 Å². The molecule has 0 unspecified atom stereocenters. The molecule has 2 rings (SSSR count). The van der Waals surface area contributed by atoms with Gasteiger partial charge in [0.25, 0.3) is 0 Å². The van der Waals surface area contributed by atoms with Crippen molar-refractivity contribution in [1.82, 2.24) is 4.72 Å². The Morgan fingerprint density at radius 2 is 1.70 bits per heavy atom. The minimum atomic E-state index is -3.47. The molecule has 0 bridgehead atoms. The fourth-order valence-corrected chi connectivity index (χ4v) is 4.88. The van der Waals surface area contributed by atoms with Crippen molar-refractivity contribution < 1.29 is 8.42 Å². The van der Waals surface area contributed by atoms with Crippen LogP contribution in [0.4, 0.5) is 0 Å². The first-order valence-corrected chi connectivity index (χ1v) is 8.92. The van der Waals surface area contributed by atoms with Crippen LogP contribution >= 0.6 is 23.2 Å². The second kappa shape index (κ2) is 6.20. The highest BCUT2D eigenvalue weighted by Crippen LogP contribution is 2.30. The maximum atomic E-state index is 12.3. The maximum absolute atomic E-state index is 12.3. The molecular weight excluding hydrogens is 319 g/mol. The van der Waals surface area contributed by atoms with E-state index in [2.05, 4.69) is 4.72 Å². The first-order chi connectivity index (χ1) is 9.34. The lowest BCUT2D eigenvalue weighted by molar-refractivity contribution is 0.399. The lowest BCUT2D eigenvalue weighted by Crippen LogP contribution is -2.51. The van der Waals surface area contributed by atoms with Gasteiger partial charge in [0, 0.05) is 22.1 Å². The molecule has 1 aromatic rings. The van der Waals surface area contributed by atoms with Crippen LogP contribution in [-0.2, 0) is 15.8 Å². The molecule has 3 N–H and O–H groups in total. The highest BCUT2D eigenvalue weighted by Gasteiger charge is 2.36. The van der Waals surface area contributed by atoms with E-state index in [0.29, 0.717) is 22.2 Å². The molecule has 20 heavy (non-hydrogen) atoms. The van der Waals surface area contributed by atoms with Crippen molar-refractivity contribution >= 4 is 33.2 Å². The third-order valence-corrected chi connectivity index (χ3v) is 5.50. The molecule has 1 aliphatic rings. The number of nitrogens with two attached hydrogens (primary N) is 1. The summed E-state index contributed by atoms with van der Waals surface area (Å²) in [5, 5.41) is 0.856. The molecule has 1 saturated carbocycles. The fourth-order valence-electron chi connectivity index (χ4n) is 2.68. The Morgan fingerprint density at radius 3 is 2.20 bits per heavy atom. The monoisotopic (exact) mass is 336 g/mol. The highest BCUT2D eigenvalue weighted by atomic mass is 35.5. The van der Waals surface area contributed by atoms with Crippen molar-refractivity contribution in [2.75, 3.05) is 6.54 Å². The number of nitrogens with one attached hydrogen (secondary N) is 1. The van der Waals surface area contributed by atoms with E-state index in [1.54, 1.807) is 18.2 Å². The molecule has 1 aliphatic carbocycles. The van der Waals surface area contributed by atoms with E-state index in [4.69, 9.17) is 28.9 Å². The molecule has 7 heteroatoms. The van der Waals surface area contributed by atoms with Crippen LogP contribution in [0.1, 0.15) is 31.2 Å². The summed E-state index contributed by atoms with van der Waals surface area (Å²) in [5.74, 6) is -0.144. The van der Waals surface area contributed by atoms with Gasteiger partial charge in [0.1, 0.15) is 0 Å². The predicted molar refractivity (Wildman–Crippen MR) is 82.5 cm³/mol. The van der Waals surface area contributed by atoms with E-state index in [9.17, 15) is 8.42 Å². The van der Waals surface area contributed by atoms with Crippen LogP contribution < -0.4 is 10.5 Å². The molecule has 1 aromatic carbocycles. The smallest absolute Gasteiger partial charge is 0.216 e. The molecule has 4 nitrogen and oxygen atoms in total. The van der Waals surface area contributed by atoms with Crippen molar-refractivity contribution in [3.8, 4) is 0 Å². The molecular formula is C13H18Cl2N2O2S. The zero-order valence-corrected chi connectivity index (χ0v) is 13.4. The molecule has 0 aliphatic heterocycles. The number of halogens is 2. The summed E-state index contributed by atoms with van der Waals surface area (Å²) in [6.07, 6.45) is 3.59. The highest BCUT2D eigenvalue weighted by molar-refractivity contribution is 7.88. The molecule has 0 atom stereocenters. The van der Waals surface area contributed by atoms with Gasteiger partial charge in [-0.25, -0.2) is 13.1 Å². The van der Waals surface area contributed by atoms with Gasteiger partial charge >= 0.3 is 0 Å². The second-order valence-electron chi connectivity index (χ2n) is 5.33. The van der Waals surface area contributed by atoms with E-state index >= 15 is 0 Å². The number of hydrogen-bond donors (Lipinski definition) is 2. The minimum Gasteiger partial charge on any atom is -0.329 e. The summed E-state index contributed by atoms with van der Waals surface area (Å²) < 4.78 is 27.3. The van der Waals surface area contributed by atoms with Gasteiger partial charge in [-0.2, -0.15) is 0 Å². The van der Waals surface area contributed by atoms with Gasteiger partial charge in [-0.05, 0) is 36.6 Å². The standard InChI is InChI=1S/C13H18Cl2N2O2S/c14-11-5-10(6-12(15)7-11)8-20(18,19)17-13(9-16)3-1-2-4-13/h5-7,17H,1-4,8-9,16H2. The number of sulfonamides is 1. The maximum Gasteiger partial charge on any atom is 0.216 e. The summed E-state index contributed by atoms with van der Waals surface area (Å²) in [7, 11) is -3.47. The molecule has 0 spiro atoms. The van der Waals surface area contributed by atoms with Gasteiger partial charge in [-0.15, -0.1) is 0 Å². The topological polar surface area (TPSA) is 72.2 Å². The summed E-state index contributed by atoms with van der Waals surface area (Å²) in [5.41, 5.74) is 5.83. The molecule has 0 radical (unpaired) electrons. The number of benzene rings is 1. The third kappa shape index (κ3) is 4.09. The van der Waals surface area contributed by atoms with E-state index in [1.165, 1.54) is 0 Å². The van der Waals surface area contributed by atoms with Gasteiger partial charge in [-0.3, -0.25) is 0 Å². The molecule has 0 heterocycles. The summed E-state index contributed by atoms with van der Waals surface area (Å²) in [6, 6.07) is 4.79. The van der Waals surface area contributed by atoms with Gasteiger partial charge in [0.15, 0.2) is 0 Å².